The fourth-order valence-corrected chi connectivity index (χ4v) is 3.42. The van der Waals surface area contributed by atoms with Crippen molar-refractivity contribution < 1.29 is 14.3 Å². The summed E-state index contributed by atoms with van der Waals surface area (Å²) in [7, 11) is 0. The molecule has 2 N–H and O–H groups in total. The molecule has 0 unspecified atom stereocenters. The Balaban J connectivity index is 1.50. The average Bonchev–Trinajstić information content (AvgIpc) is 3.29. The van der Waals surface area contributed by atoms with Gasteiger partial charge in [0.05, 0.1) is 12.2 Å². The predicted octanol–water partition coefficient (Wildman–Crippen LogP) is 1.74. The highest BCUT2D eigenvalue weighted by atomic mass is 16.7. The van der Waals surface area contributed by atoms with E-state index in [4.69, 9.17) is 9.47 Å². The van der Waals surface area contributed by atoms with Gasteiger partial charge in [0.1, 0.15) is 0 Å². The van der Waals surface area contributed by atoms with E-state index >= 15 is 0 Å². The van der Waals surface area contributed by atoms with Crippen LogP contribution in [0.1, 0.15) is 36.9 Å². The number of hydrogen-bond donors (Lipinski definition) is 2. The van der Waals surface area contributed by atoms with Crippen LogP contribution in [0.25, 0.3) is 0 Å². The number of amides is 1. The van der Waals surface area contributed by atoms with Crippen LogP contribution >= 0.6 is 0 Å². The third-order valence-corrected chi connectivity index (χ3v) is 4.77. The molecule has 3 heterocycles. The van der Waals surface area contributed by atoms with Gasteiger partial charge in [-0.05, 0) is 19.4 Å². The van der Waals surface area contributed by atoms with Gasteiger partial charge in [-0.25, -0.2) is 0 Å². The van der Waals surface area contributed by atoms with Crippen LogP contribution in [0.5, 0.6) is 11.5 Å². The lowest BCUT2D eigenvalue weighted by Gasteiger charge is -2.32. The number of fused-ring (bicyclic) bond motifs is 1. The molecule has 25 heavy (non-hydrogen) atoms. The van der Waals surface area contributed by atoms with Crippen molar-refractivity contribution in [1.29, 1.82) is 0 Å². The first kappa shape index (κ1) is 16.0. The topological polar surface area (TPSA) is 77.4 Å². The third-order valence-electron chi connectivity index (χ3n) is 4.77. The van der Waals surface area contributed by atoms with Crippen molar-refractivity contribution in [2.45, 2.75) is 44.9 Å². The first-order valence-electron chi connectivity index (χ1n) is 8.67. The molecule has 0 saturated carbocycles. The van der Waals surface area contributed by atoms with Crippen LogP contribution in [0, 0.1) is 0 Å². The lowest BCUT2D eigenvalue weighted by molar-refractivity contribution is -0.123. The highest BCUT2D eigenvalue weighted by Crippen LogP contribution is 2.35. The molecule has 4 rings (SSSR count). The van der Waals surface area contributed by atoms with E-state index in [0.29, 0.717) is 13.0 Å². The minimum atomic E-state index is -0.0736. The van der Waals surface area contributed by atoms with Crippen LogP contribution in [0.15, 0.2) is 30.6 Å². The second-order valence-corrected chi connectivity index (χ2v) is 6.35. The molecule has 1 aromatic heterocycles. The van der Waals surface area contributed by atoms with Gasteiger partial charge in [-0.15, -0.1) is 0 Å². The number of para-hydroxylation sites is 1. The summed E-state index contributed by atoms with van der Waals surface area (Å²) in [6.07, 6.45) is 5.16. The summed E-state index contributed by atoms with van der Waals surface area (Å²) in [6, 6.07) is 5.98. The van der Waals surface area contributed by atoms with Gasteiger partial charge in [0.15, 0.2) is 11.5 Å². The molecule has 0 radical (unpaired) electrons. The molecule has 0 spiro atoms. The molecule has 2 aliphatic rings. The standard InChI is InChI=1S/C18H22N4O3/c1-2-22-10-13(9-20-22)17-14(6-7-16(23)21-17)19-8-12-4-3-5-15-18(12)25-11-24-15/h3-5,9-10,14,17,19H,2,6-8,11H2,1H3,(H,21,23)/t14-,17+/m1/s1. The smallest absolute Gasteiger partial charge is 0.231 e. The zero-order chi connectivity index (χ0) is 17.2. The molecule has 7 nitrogen and oxygen atoms in total. The summed E-state index contributed by atoms with van der Waals surface area (Å²) in [5.74, 6) is 1.69. The number of aryl methyl sites for hydroxylation is 1. The number of carbonyl (C=O) groups is 1. The summed E-state index contributed by atoms with van der Waals surface area (Å²) in [5.41, 5.74) is 2.10. The minimum Gasteiger partial charge on any atom is -0.454 e. The van der Waals surface area contributed by atoms with E-state index in [0.717, 1.165) is 35.6 Å². The normalized spacial score (nSPS) is 22.0. The largest absolute Gasteiger partial charge is 0.454 e. The Labute approximate surface area is 146 Å². The maximum atomic E-state index is 11.9. The molecule has 0 bridgehead atoms. The molecule has 7 heteroatoms. The average molecular weight is 342 g/mol. The zero-order valence-corrected chi connectivity index (χ0v) is 14.2. The van der Waals surface area contributed by atoms with E-state index in [1.54, 1.807) is 0 Å². The van der Waals surface area contributed by atoms with Crippen molar-refractivity contribution in [3.8, 4) is 11.5 Å². The van der Waals surface area contributed by atoms with E-state index in [9.17, 15) is 4.79 Å². The van der Waals surface area contributed by atoms with Crippen LogP contribution in [0.2, 0.25) is 0 Å². The van der Waals surface area contributed by atoms with Crippen LogP contribution < -0.4 is 20.1 Å². The van der Waals surface area contributed by atoms with Crippen molar-refractivity contribution in [2.24, 2.45) is 0 Å². The Kier molecular flexibility index (Phi) is 4.31. The summed E-state index contributed by atoms with van der Waals surface area (Å²) >= 11 is 0. The van der Waals surface area contributed by atoms with Crippen molar-refractivity contribution in [3.05, 3.63) is 41.7 Å². The predicted molar refractivity (Wildman–Crippen MR) is 91.2 cm³/mol. The summed E-state index contributed by atoms with van der Waals surface area (Å²) in [4.78, 5) is 11.9. The SMILES string of the molecule is CCn1cc([C@@H]2NC(=O)CC[C@H]2NCc2cccc3c2OCO3)cn1. The second-order valence-electron chi connectivity index (χ2n) is 6.35. The highest BCUT2D eigenvalue weighted by Gasteiger charge is 2.31. The summed E-state index contributed by atoms with van der Waals surface area (Å²) < 4.78 is 12.9. The van der Waals surface area contributed by atoms with E-state index in [2.05, 4.69) is 15.7 Å². The number of ether oxygens (including phenoxy) is 2. The number of rotatable bonds is 5. The molecule has 0 aliphatic carbocycles. The fraction of sp³-hybridized carbons (Fsp3) is 0.444. The lowest BCUT2D eigenvalue weighted by atomic mass is 9.93. The van der Waals surface area contributed by atoms with Crippen LogP contribution in [0.4, 0.5) is 0 Å². The van der Waals surface area contributed by atoms with Gasteiger partial charge in [0.2, 0.25) is 12.7 Å². The van der Waals surface area contributed by atoms with Crippen molar-refractivity contribution >= 4 is 5.91 Å². The van der Waals surface area contributed by atoms with Crippen molar-refractivity contribution in [3.63, 3.8) is 0 Å². The Morgan fingerprint density at radius 2 is 2.32 bits per heavy atom. The van der Waals surface area contributed by atoms with Gasteiger partial charge in [0, 0.05) is 42.9 Å². The van der Waals surface area contributed by atoms with E-state index in [1.807, 2.05) is 42.2 Å². The second kappa shape index (κ2) is 6.76. The van der Waals surface area contributed by atoms with Crippen LogP contribution in [-0.4, -0.2) is 28.5 Å². The first-order valence-corrected chi connectivity index (χ1v) is 8.67. The highest BCUT2D eigenvalue weighted by molar-refractivity contribution is 5.77. The number of benzene rings is 1. The quantitative estimate of drug-likeness (QED) is 0.865. The molecular formula is C18H22N4O3. The zero-order valence-electron chi connectivity index (χ0n) is 14.2. The molecule has 1 amide bonds. The first-order chi connectivity index (χ1) is 12.2. The maximum absolute atomic E-state index is 11.9. The Morgan fingerprint density at radius 1 is 1.40 bits per heavy atom. The van der Waals surface area contributed by atoms with Gasteiger partial charge in [-0.1, -0.05) is 12.1 Å². The molecular weight excluding hydrogens is 320 g/mol. The molecule has 2 atom stereocenters. The van der Waals surface area contributed by atoms with Gasteiger partial charge in [-0.2, -0.15) is 5.10 Å². The monoisotopic (exact) mass is 342 g/mol. The Bertz CT molecular complexity index is 773. The number of aromatic nitrogens is 2. The number of carbonyl (C=O) groups excluding carboxylic acids is 1. The number of piperidine rings is 1. The summed E-state index contributed by atoms with van der Waals surface area (Å²) in [6.45, 7) is 3.78. The molecule has 2 aromatic rings. The van der Waals surface area contributed by atoms with Crippen LogP contribution in [-0.2, 0) is 17.9 Å². The number of nitrogens with one attached hydrogen (secondary N) is 2. The number of nitrogens with zero attached hydrogens (tertiary/aromatic N) is 2. The molecule has 2 aliphatic heterocycles. The fourth-order valence-electron chi connectivity index (χ4n) is 3.42. The third kappa shape index (κ3) is 3.19. The van der Waals surface area contributed by atoms with Gasteiger partial charge >= 0.3 is 0 Å². The summed E-state index contributed by atoms with van der Waals surface area (Å²) in [5, 5.41) is 11.0. The van der Waals surface area contributed by atoms with Crippen molar-refractivity contribution in [2.75, 3.05) is 6.79 Å². The molecule has 1 saturated heterocycles. The van der Waals surface area contributed by atoms with Crippen molar-refractivity contribution in [1.82, 2.24) is 20.4 Å². The molecule has 132 valence electrons. The van der Waals surface area contributed by atoms with Crippen LogP contribution in [0.3, 0.4) is 0 Å². The van der Waals surface area contributed by atoms with Gasteiger partial charge in [-0.3, -0.25) is 9.48 Å². The lowest BCUT2D eigenvalue weighted by Crippen LogP contribution is -2.48. The van der Waals surface area contributed by atoms with Gasteiger partial charge < -0.3 is 20.1 Å². The van der Waals surface area contributed by atoms with Gasteiger partial charge in [0.25, 0.3) is 0 Å². The molecule has 1 aromatic carbocycles. The minimum absolute atomic E-state index is 0.0736. The maximum Gasteiger partial charge on any atom is 0.231 e. The number of hydrogen-bond acceptors (Lipinski definition) is 5. The molecule has 1 fully saturated rings. The van der Waals surface area contributed by atoms with E-state index in [-0.39, 0.29) is 24.8 Å². The van der Waals surface area contributed by atoms with E-state index in [1.165, 1.54) is 0 Å². The Hall–Kier alpha value is -2.54. The Morgan fingerprint density at radius 3 is 3.16 bits per heavy atom. The van der Waals surface area contributed by atoms with E-state index < -0.39 is 0 Å².